The van der Waals surface area contributed by atoms with E-state index in [0.29, 0.717) is 5.75 Å². The zero-order valence-corrected chi connectivity index (χ0v) is 12.0. The third kappa shape index (κ3) is 14.5. The lowest BCUT2D eigenvalue weighted by molar-refractivity contribution is -0.0870. The summed E-state index contributed by atoms with van der Waals surface area (Å²) in [7, 11) is 0. The number of aliphatic hydroxyl groups is 3. The van der Waals surface area contributed by atoms with Gasteiger partial charge in [-0.2, -0.15) is 11.8 Å². The molecule has 0 aliphatic rings. The van der Waals surface area contributed by atoms with Crippen molar-refractivity contribution in [2.24, 2.45) is 0 Å². The van der Waals surface area contributed by atoms with E-state index in [-0.39, 0.29) is 20.6 Å². The van der Waals surface area contributed by atoms with Gasteiger partial charge in [0.1, 0.15) is 19.8 Å². The van der Waals surface area contributed by atoms with Crippen molar-refractivity contribution in [3.63, 3.8) is 0 Å². The van der Waals surface area contributed by atoms with E-state index in [9.17, 15) is 17.6 Å². The molecule has 0 radical (unpaired) electrons. The zero-order valence-electron chi connectivity index (χ0n) is 11.2. The largest absolute Gasteiger partial charge is 0.390 e. The smallest absolute Gasteiger partial charge is 0.293 e. The topological polar surface area (TPSA) is 60.7 Å². The highest BCUT2D eigenvalue weighted by atomic mass is 32.2. The first-order valence-corrected chi connectivity index (χ1v) is 7.12. The molecule has 0 bridgehead atoms. The van der Waals surface area contributed by atoms with E-state index in [1.54, 1.807) is 0 Å². The maximum atomic E-state index is 12.6. The number of thioether (sulfide) groups is 1. The van der Waals surface area contributed by atoms with Gasteiger partial charge in [0, 0.05) is 5.75 Å². The summed E-state index contributed by atoms with van der Waals surface area (Å²) in [4.78, 5) is 0. The minimum atomic E-state index is -3.31. The van der Waals surface area contributed by atoms with Crippen LogP contribution in [0.25, 0.3) is 0 Å². The molecule has 0 aromatic heterocycles. The summed E-state index contributed by atoms with van der Waals surface area (Å²) in [6.07, 6.45) is 0. The van der Waals surface area contributed by atoms with Gasteiger partial charge in [0.25, 0.3) is 11.8 Å². The molecule has 0 spiro atoms. The molecule has 0 unspecified atom stereocenters. The van der Waals surface area contributed by atoms with Gasteiger partial charge in [-0.05, 0) is 5.56 Å². The molecule has 138 valence electrons. The molecule has 0 amide bonds. The molecule has 0 saturated carbocycles. The molecule has 0 aliphatic heterocycles. The summed E-state index contributed by atoms with van der Waals surface area (Å²) in [5.41, 5.74) is 1.02. The van der Waals surface area contributed by atoms with E-state index in [1.165, 1.54) is 0 Å². The normalized spacial score (nSPS) is 10.7. The van der Waals surface area contributed by atoms with E-state index in [4.69, 9.17) is 15.3 Å². The molecule has 3 nitrogen and oxygen atoms in total. The Morgan fingerprint density at radius 2 is 1.22 bits per heavy atom. The van der Waals surface area contributed by atoms with E-state index in [0.717, 1.165) is 17.3 Å². The van der Waals surface area contributed by atoms with Gasteiger partial charge in [-0.15, -0.1) is 0 Å². The number of aliphatic hydroxyl groups excluding tert-OH is 3. The molecule has 23 heavy (non-hydrogen) atoms. The van der Waals surface area contributed by atoms with E-state index < -0.39 is 31.7 Å². The predicted molar refractivity (Wildman–Crippen MR) is 87.2 cm³/mol. The van der Waals surface area contributed by atoms with Crippen LogP contribution in [0, 0.1) is 0 Å². The van der Waals surface area contributed by atoms with Crippen LogP contribution in [0.3, 0.4) is 0 Å². The Balaban J connectivity index is -0.000000386. The maximum Gasteiger partial charge on any atom is 0.293 e. The molecule has 1 aromatic carbocycles. The first-order chi connectivity index (χ1) is 9.76. The molecular weight excluding hydrogens is 336 g/mol. The van der Waals surface area contributed by atoms with Crippen molar-refractivity contribution >= 4 is 11.8 Å². The summed E-state index contributed by atoms with van der Waals surface area (Å²) in [6.45, 7) is -3.65. The fraction of sp³-hybridized carbons (Fsp3) is 0.600. The van der Waals surface area contributed by atoms with Crippen LogP contribution in [0.1, 0.15) is 20.4 Å². The Kier molecular flexibility index (Phi) is 16.0. The SMILES string of the molecule is C.C.OCC(F)(F)CO.OCC(F)(F)CSCc1ccccc1. The Morgan fingerprint density at radius 3 is 1.57 bits per heavy atom. The van der Waals surface area contributed by atoms with Gasteiger partial charge in [0.15, 0.2) is 0 Å². The van der Waals surface area contributed by atoms with Gasteiger partial charge < -0.3 is 15.3 Å². The second-order valence-corrected chi connectivity index (χ2v) is 5.15. The van der Waals surface area contributed by atoms with Crippen LogP contribution in [-0.4, -0.2) is 52.7 Å². The van der Waals surface area contributed by atoms with Crippen LogP contribution < -0.4 is 0 Å². The molecule has 0 saturated heterocycles. The highest BCUT2D eigenvalue weighted by Crippen LogP contribution is 2.22. The van der Waals surface area contributed by atoms with E-state index >= 15 is 0 Å². The van der Waals surface area contributed by atoms with Crippen molar-refractivity contribution < 1.29 is 32.9 Å². The molecule has 3 N–H and O–H groups in total. The minimum Gasteiger partial charge on any atom is -0.390 e. The Bertz CT molecular complexity index is 372. The van der Waals surface area contributed by atoms with Gasteiger partial charge in [-0.3, -0.25) is 0 Å². The van der Waals surface area contributed by atoms with Gasteiger partial charge in [-0.1, -0.05) is 45.2 Å². The Labute approximate surface area is 139 Å². The standard InChI is InChI=1S/C10H12F2OS.C3H6F2O2.2CH4/c11-10(12,7-13)8-14-6-9-4-2-1-3-5-9;4-3(5,1-6)2-7;;/h1-5,13H,6-8H2;6-7H,1-2H2;2*1H4. The van der Waals surface area contributed by atoms with E-state index in [2.05, 4.69) is 0 Å². The molecule has 0 fully saturated rings. The Morgan fingerprint density at radius 1 is 0.783 bits per heavy atom. The summed E-state index contributed by atoms with van der Waals surface area (Å²) < 4.78 is 47.9. The number of halogens is 4. The van der Waals surface area contributed by atoms with Crippen LogP contribution in [0.5, 0.6) is 0 Å². The number of hydrogen-bond donors (Lipinski definition) is 3. The second-order valence-electron chi connectivity index (χ2n) is 4.16. The fourth-order valence-corrected chi connectivity index (χ4v) is 1.91. The highest BCUT2D eigenvalue weighted by molar-refractivity contribution is 7.98. The molecular formula is C15H26F4O3S. The van der Waals surface area contributed by atoms with Crippen molar-refractivity contribution in [3.05, 3.63) is 35.9 Å². The minimum absolute atomic E-state index is 0. The van der Waals surface area contributed by atoms with Crippen molar-refractivity contribution in [1.29, 1.82) is 0 Å². The molecule has 0 heterocycles. The lowest BCUT2D eigenvalue weighted by Crippen LogP contribution is -2.25. The van der Waals surface area contributed by atoms with Gasteiger partial charge in [0.2, 0.25) is 0 Å². The monoisotopic (exact) mass is 362 g/mol. The molecule has 0 atom stereocenters. The number of rotatable bonds is 7. The van der Waals surface area contributed by atoms with Gasteiger partial charge in [-0.25, -0.2) is 17.6 Å². The molecule has 0 aliphatic carbocycles. The fourth-order valence-electron chi connectivity index (χ4n) is 0.988. The second kappa shape index (κ2) is 13.6. The van der Waals surface area contributed by atoms with Crippen molar-refractivity contribution in [3.8, 4) is 0 Å². The van der Waals surface area contributed by atoms with Gasteiger partial charge >= 0.3 is 0 Å². The van der Waals surface area contributed by atoms with Crippen molar-refractivity contribution in [2.45, 2.75) is 32.5 Å². The van der Waals surface area contributed by atoms with Crippen molar-refractivity contribution in [2.75, 3.05) is 25.6 Å². The van der Waals surface area contributed by atoms with Crippen LogP contribution in [0.2, 0.25) is 0 Å². The summed E-state index contributed by atoms with van der Waals surface area (Å²) in [5, 5.41) is 23.7. The first kappa shape index (κ1) is 27.0. The van der Waals surface area contributed by atoms with Gasteiger partial charge in [0.05, 0.1) is 5.75 Å². The number of alkyl halides is 4. The van der Waals surface area contributed by atoms with Crippen LogP contribution in [0.15, 0.2) is 30.3 Å². The lowest BCUT2D eigenvalue weighted by Gasteiger charge is -2.11. The summed E-state index contributed by atoms with van der Waals surface area (Å²) in [6, 6.07) is 9.42. The number of benzene rings is 1. The quantitative estimate of drug-likeness (QED) is 0.651. The predicted octanol–water partition coefficient (Wildman–Crippen LogP) is 3.43. The average molecular weight is 362 g/mol. The van der Waals surface area contributed by atoms with E-state index in [1.807, 2.05) is 30.3 Å². The highest BCUT2D eigenvalue weighted by Gasteiger charge is 2.27. The maximum absolute atomic E-state index is 12.6. The Hall–Kier alpha value is -0.830. The van der Waals surface area contributed by atoms with Crippen LogP contribution >= 0.6 is 11.8 Å². The first-order valence-electron chi connectivity index (χ1n) is 5.96. The van der Waals surface area contributed by atoms with Crippen molar-refractivity contribution in [1.82, 2.24) is 0 Å². The number of hydrogen-bond acceptors (Lipinski definition) is 4. The molecule has 1 rings (SSSR count). The third-order valence-electron chi connectivity index (χ3n) is 2.12. The summed E-state index contributed by atoms with van der Waals surface area (Å²) >= 11 is 1.13. The molecule has 8 heteroatoms. The third-order valence-corrected chi connectivity index (χ3v) is 3.28. The van der Waals surface area contributed by atoms with Crippen LogP contribution in [-0.2, 0) is 5.75 Å². The van der Waals surface area contributed by atoms with Crippen LogP contribution in [0.4, 0.5) is 17.6 Å². The lowest BCUT2D eigenvalue weighted by atomic mass is 10.2. The summed E-state index contributed by atoms with van der Waals surface area (Å²) in [5.74, 6) is -6.05. The zero-order chi connectivity index (χ0) is 16.4. The molecule has 1 aromatic rings. The average Bonchev–Trinajstić information content (AvgIpc) is 2.49.